The molecule has 0 unspecified atom stereocenters. The van der Waals surface area contributed by atoms with Gasteiger partial charge in [0.25, 0.3) is 5.91 Å². The maximum absolute atomic E-state index is 11.6. The fourth-order valence-corrected chi connectivity index (χ4v) is 1.73. The molecule has 0 bridgehead atoms. The molecule has 4 heteroatoms. The third-order valence-corrected chi connectivity index (χ3v) is 2.45. The Morgan fingerprint density at radius 1 is 1.32 bits per heavy atom. The van der Waals surface area contributed by atoms with E-state index in [-0.39, 0.29) is 18.1 Å². The summed E-state index contributed by atoms with van der Waals surface area (Å²) in [5.74, 6) is 0.461. The number of para-hydroxylation sites is 1. The molecule has 0 spiro atoms. The monoisotopic (exact) mass is 258 g/mol. The minimum absolute atomic E-state index is 0.00269. The number of rotatable bonds is 3. The van der Waals surface area contributed by atoms with Gasteiger partial charge in [0.1, 0.15) is 5.75 Å². The van der Waals surface area contributed by atoms with Gasteiger partial charge < -0.3 is 10.1 Å². The highest BCUT2D eigenvalue weighted by molar-refractivity contribution is 5.80. The van der Waals surface area contributed by atoms with Crippen LogP contribution in [0.25, 0.3) is 10.9 Å². The highest BCUT2D eigenvalue weighted by Crippen LogP contribution is 2.17. The molecule has 0 radical (unpaired) electrons. The summed E-state index contributed by atoms with van der Waals surface area (Å²) in [4.78, 5) is 15.9. The summed E-state index contributed by atoms with van der Waals surface area (Å²) in [5, 5.41) is 3.84. The van der Waals surface area contributed by atoms with E-state index >= 15 is 0 Å². The minimum atomic E-state index is -0.248. The molecule has 2 aromatic rings. The van der Waals surface area contributed by atoms with E-state index in [1.165, 1.54) is 0 Å². The topological polar surface area (TPSA) is 51.2 Å². The van der Waals surface area contributed by atoms with Gasteiger partial charge in [0.2, 0.25) is 0 Å². The number of nitrogens with zero attached hydrogens (tertiary/aromatic N) is 1. The molecule has 0 aliphatic rings. The zero-order chi connectivity index (χ0) is 13.9. The van der Waals surface area contributed by atoms with E-state index in [2.05, 4.69) is 10.3 Å². The van der Waals surface area contributed by atoms with Gasteiger partial charge in [0.05, 0.1) is 11.7 Å². The standard InChI is InChI=1S/C15H18N2O2/c1-15(2,3)17-14(18)10-19-12-8-11-6-4-5-7-13(11)16-9-12/h4-9H,10H2,1-3H3,(H,17,18). The maximum atomic E-state index is 11.6. The number of fused-ring (bicyclic) bond motifs is 1. The van der Waals surface area contributed by atoms with E-state index in [9.17, 15) is 4.79 Å². The zero-order valence-electron chi connectivity index (χ0n) is 11.4. The number of hydrogen-bond donors (Lipinski definition) is 1. The van der Waals surface area contributed by atoms with Gasteiger partial charge in [-0.3, -0.25) is 9.78 Å². The fourth-order valence-electron chi connectivity index (χ4n) is 1.73. The van der Waals surface area contributed by atoms with Crippen molar-refractivity contribution in [2.45, 2.75) is 26.3 Å². The number of benzene rings is 1. The van der Waals surface area contributed by atoms with Gasteiger partial charge in [-0.05, 0) is 32.9 Å². The van der Waals surface area contributed by atoms with E-state index in [1.807, 2.05) is 51.1 Å². The Hall–Kier alpha value is -2.10. The second-order valence-corrected chi connectivity index (χ2v) is 5.45. The molecule has 1 amide bonds. The molecule has 2 rings (SSSR count). The number of carbonyl (C=O) groups is 1. The van der Waals surface area contributed by atoms with Crippen molar-refractivity contribution in [1.82, 2.24) is 10.3 Å². The summed E-state index contributed by atoms with van der Waals surface area (Å²) >= 11 is 0. The number of aromatic nitrogens is 1. The van der Waals surface area contributed by atoms with E-state index in [1.54, 1.807) is 6.20 Å². The predicted molar refractivity (Wildman–Crippen MR) is 75.1 cm³/mol. The molecule has 1 heterocycles. The number of pyridine rings is 1. The number of hydrogen-bond acceptors (Lipinski definition) is 3. The summed E-state index contributed by atoms with van der Waals surface area (Å²) < 4.78 is 5.45. The van der Waals surface area contributed by atoms with Crippen LogP contribution in [0.4, 0.5) is 0 Å². The van der Waals surface area contributed by atoms with Crippen LogP contribution < -0.4 is 10.1 Å². The molecule has 0 fully saturated rings. The molecule has 0 aliphatic carbocycles. The van der Waals surface area contributed by atoms with Crippen molar-refractivity contribution < 1.29 is 9.53 Å². The van der Waals surface area contributed by atoms with Crippen molar-refractivity contribution in [3.63, 3.8) is 0 Å². The zero-order valence-corrected chi connectivity index (χ0v) is 11.4. The lowest BCUT2D eigenvalue weighted by atomic mass is 10.1. The quantitative estimate of drug-likeness (QED) is 0.920. The molecule has 1 aromatic carbocycles. The van der Waals surface area contributed by atoms with Crippen molar-refractivity contribution in [2.75, 3.05) is 6.61 Å². The van der Waals surface area contributed by atoms with Crippen LogP contribution in [0.3, 0.4) is 0 Å². The Labute approximate surface area is 112 Å². The molecule has 0 saturated carbocycles. The van der Waals surface area contributed by atoms with Crippen molar-refractivity contribution in [3.05, 3.63) is 36.5 Å². The van der Waals surface area contributed by atoms with E-state index in [0.29, 0.717) is 5.75 Å². The summed E-state index contributed by atoms with van der Waals surface area (Å²) in [5.41, 5.74) is 0.663. The lowest BCUT2D eigenvalue weighted by Gasteiger charge is -2.20. The van der Waals surface area contributed by atoms with Crippen LogP contribution in [-0.2, 0) is 4.79 Å². The van der Waals surface area contributed by atoms with Gasteiger partial charge >= 0.3 is 0 Å². The molecular formula is C15H18N2O2. The van der Waals surface area contributed by atoms with Crippen molar-refractivity contribution >= 4 is 16.8 Å². The predicted octanol–water partition coefficient (Wildman–Crippen LogP) is 2.53. The van der Waals surface area contributed by atoms with E-state index < -0.39 is 0 Å². The highest BCUT2D eigenvalue weighted by atomic mass is 16.5. The fraction of sp³-hybridized carbons (Fsp3) is 0.333. The minimum Gasteiger partial charge on any atom is -0.482 e. The van der Waals surface area contributed by atoms with E-state index in [0.717, 1.165) is 10.9 Å². The van der Waals surface area contributed by atoms with Crippen LogP contribution in [0.15, 0.2) is 36.5 Å². The molecule has 0 aliphatic heterocycles. The van der Waals surface area contributed by atoms with Crippen LogP contribution in [0.5, 0.6) is 5.75 Å². The molecule has 4 nitrogen and oxygen atoms in total. The van der Waals surface area contributed by atoms with Crippen LogP contribution >= 0.6 is 0 Å². The van der Waals surface area contributed by atoms with Gasteiger partial charge in [-0.2, -0.15) is 0 Å². The third kappa shape index (κ3) is 3.95. The summed E-state index contributed by atoms with van der Waals surface area (Å²) in [6.45, 7) is 5.80. The largest absolute Gasteiger partial charge is 0.482 e. The SMILES string of the molecule is CC(C)(C)NC(=O)COc1cnc2ccccc2c1. The smallest absolute Gasteiger partial charge is 0.258 e. The van der Waals surface area contributed by atoms with Crippen molar-refractivity contribution in [3.8, 4) is 5.75 Å². The number of carbonyl (C=O) groups excluding carboxylic acids is 1. The van der Waals surface area contributed by atoms with Crippen LogP contribution in [0, 0.1) is 0 Å². The molecule has 1 aromatic heterocycles. The number of ether oxygens (including phenoxy) is 1. The maximum Gasteiger partial charge on any atom is 0.258 e. The Balaban J connectivity index is 2.00. The third-order valence-electron chi connectivity index (χ3n) is 2.45. The second kappa shape index (κ2) is 5.26. The lowest BCUT2D eigenvalue weighted by molar-refractivity contribution is -0.124. The van der Waals surface area contributed by atoms with Gasteiger partial charge in [0.15, 0.2) is 6.61 Å². The molecule has 19 heavy (non-hydrogen) atoms. The van der Waals surface area contributed by atoms with Gasteiger partial charge in [-0.15, -0.1) is 0 Å². The molecular weight excluding hydrogens is 240 g/mol. The molecule has 0 saturated heterocycles. The summed E-state index contributed by atoms with van der Waals surface area (Å²) in [6, 6.07) is 9.66. The Bertz CT molecular complexity index is 588. The Morgan fingerprint density at radius 2 is 2.05 bits per heavy atom. The Morgan fingerprint density at radius 3 is 2.79 bits per heavy atom. The average Bonchev–Trinajstić information content (AvgIpc) is 2.34. The first kappa shape index (κ1) is 13.3. The van der Waals surface area contributed by atoms with Crippen LogP contribution in [-0.4, -0.2) is 23.0 Å². The number of nitrogens with one attached hydrogen (secondary N) is 1. The second-order valence-electron chi connectivity index (χ2n) is 5.45. The number of amides is 1. The average molecular weight is 258 g/mol. The summed E-state index contributed by atoms with van der Waals surface area (Å²) in [7, 11) is 0. The Kier molecular flexibility index (Phi) is 3.69. The molecule has 100 valence electrons. The van der Waals surface area contributed by atoms with Crippen LogP contribution in [0.1, 0.15) is 20.8 Å². The normalized spacial score (nSPS) is 11.3. The lowest BCUT2D eigenvalue weighted by Crippen LogP contribution is -2.43. The van der Waals surface area contributed by atoms with Gasteiger partial charge in [-0.1, -0.05) is 18.2 Å². The van der Waals surface area contributed by atoms with Crippen LogP contribution in [0.2, 0.25) is 0 Å². The first-order chi connectivity index (χ1) is 8.94. The van der Waals surface area contributed by atoms with Gasteiger partial charge in [0, 0.05) is 10.9 Å². The summed E-state index contributed by atoms with van der Waals surface area (Å²) in [6.07, 6.45) is 1.63. The molecule has 1 N–H and O–H groups in total. The first-order valence-corrected chi connectivity index (χ1v) is 6.23. The van der Waals surface area contributed by atoms with E-state index in [4.69, 9.17) is 4.74 Å². The van der Waals surface area contributed by atoms with Crippen molar-refractivity contribution in [2.24, 2.45) is 0 Å². The van der Waals surface area contributed by atoms with Crippen molar-refractivity contribution in [1.29, 1.82) is 0 Å². The highest BCUT2D eigenvalue weighted by Gasteiger charge is 2.13. The molecule has 0 atom stereocenters. The van der Waals surface area contributed by atoms with Gasteiger partial charge in [-0.25, -0.2) is 0 Å². The first-order valence-electron chi connectivity index (χ1n) is 6.23.